The first kappa shape index (κ1) is 17.4. The average Bonchev–Trinajstić information content (AvgIpc) is 2.88. The Bertz CT molecular complexity index is 707. The molecule has 124 valence electrons. The molecule has 5 nitrogen and oxygen atoms in total. The van der Waals surface area contributed by atoms with E-state index < -0.39 is 0 Å². The van der Waals surface area contributed by atoms with Gasteiger partial charge in [0.15, 0.2) is 5.82 Å². The van der Waals surface area contributed by atoms with Crippen molar-refractivity contribution in [2.45, 2.75) is 46.0 Å². The van der Waals surface area contributed by atoms with Crippen molar-refractivity contribution in [3.05, 3.63) is 40.4 Å². The van der Waals surface area contributed by atoms with E-state index >= 15 is 0 Å². The van der Waals surface area contributed by atoms with Crippen LogP contribution in [0.4, 0.5) is 0 Å². The van der Waals surface area contributed by atoms with Gasteiger partial charge >= 0.3 is 0 Å². The number of nitrogens with zero attached hydrogens (tertiary/aromatic N) is 3. The Hall–Kier alpha value is -1.95. The van der Waals surface area contributed by atoms with Gasteiger partial charge in [-0.1, -0.05) is 34.1 Å². The molecule has 1 N–H and O–H groups in total. The number of rotatable bonds is 6. The zero-order valence-corrected chi connectivity index (χ0v) is 15.0. The summed E-state index contributed by atoms with van der Waals surface area (Å²) in [5.41, 5.74) is 0.845. The number of ether oxygens (including phenoxy) is 1. The van der Waals surface area contributed by atoms with Crippen molar-refractivity contribution >= 4 is 18.4 Å². The van der Waals surface area contributed by atoms with Crippen LogP contribution >= 0.6 is 12.2 Å². The van der Waals surface area contributed by atoms with Gasteiger partial charge < -0.3 is 4.74 Å². The Morgan fingerprint density at radius 2 is 2.00 bits per heavy atom. The van der Waals surface area contributed by atoms with E-state index in [1.165, 1.54) is 0 Å². The van der Waals surface area contributed by atoms with Crippen molar-refractivity contribution in [3.8, 4) is 5.75 Å². The highest BCUT2D eigenvalue weighted by molar-refractivity contribution is 7.71. The van der Waals surface area contributed by atoms with Crippen LogP contribution in [0.25, 0.3) is 0 Å². The van der Waals surface area contributed by atoms with Gasteiger partial charge in [-0.3, -0.25) is 5.10 Å². The molecule has 0 saturated heterocycles. The van der Waals surface area contributed by atoms with Gasteiger partial charge in [-0.15, -0.1) is 0 Å². The van der Waals surface area contributed by atoms with E-state index in [9.17, 15) is 0 Å². The minimum Gasteiger partial charge on any atom is -0.494 e. The van der Waals surface area contributed by atoms with E-state index in [2.05, 4.69) is 43.0 Å². The highest BCUT2D eigenvalue weighted by Gasteiger charge is 2.21. The molecule has 2 aromatic rings. The van der Waals surface area contributed by atoms with Gasteiger partial charge in [-0.2, -0.15) is 14.9 Å². The van der Waals surface area contributed by atoms with E-state index in [0.717, 1.165) is 36.6 Å². The molecule has 0 unspecified atom stereocenters. The lowest BCUT2D eigenvalue weighted by molar-refractivity contribution is 0.309. The predicted octanol–water partition coefficient (Wildman–Crippen LogP) is 4.30. The first-order chi connectivity index (χ1) is 10.9. The number of benzene rings is 1. The van der Waals surface area contributed by atoms with Gasteiger partial charge in [0, 0.05) is 5.41 Å². The summed E-state index contributed by atoms with van der Waals surface area (Å²) in [6, 6.07) is 7.86. The van der Waals surface area contributed by atoms with Gasteiger partial charge in [0.25, 0.3) is 0 Å². The summed E-state index contributed by atoms with van der Waals surface area (Å²) >= 11 is 5.25. The van der Waals surface area contributed by atoms with Crippen LogP contribution < -0.4 is 4.74 Å². The van der Waals surface area contributed by atoms with E-state index in [1.807, 2.05) is 24.3 Å². The van der Waals surface area contributed by atoms with Crippen molar-refractivity contribution < 1.29 is 4.74 Å². The lowest BCUT2D eigenvalue weighted by Crippen LogP contribution is -2.17. The summed E-state index contributed by atoms with van der Waals surface area (Å²) in [4.78, 5) is 0. The molecule has 0 spiro atoms. The molecule has 0 aliphatic rings. The number of hydrogen-bond donors (Lipinski definition) is 1. The fraction of sp³-hybridized carbons (Fsp3) is 0.471. The van der Waals surface area contributed by atoms with Gasteiger partial charge in [-0.25, -0.2) is 0 Å². The molecule has 1 aromatic carbocycles. The van der Waals surface area contributed by atoms with Gasteiger partial charge in [-0.05, 0) is 48.5 Å². The van der Waals surface area contributed by atoms with Crippen LogP contribution in [0, 0.1) is 4.77 Å². The Kier molecular flexibility index (Phi) is 5.71. The van der Waals surface area contributed by atoms with E-state index in [4.69, 9.17) is 17.0 Å². The van der Waals surface area contributed by atoms with Crippen LogP contribution in [0.2, 0.25) is 0 Å². The van der Waals surface area contributed by atoms with Crippen molar-refractivity contribution in [2.24, 2.45) is 5.10 Å². The summed E-state index contributed by atoms with van der Waals surface area (Å²) < 4.78 is 7.81. The number of hydrogen-bond acceptors (Lipinski definition) is 4. The zero-order chi connectivity index (χ0) is 16.9. The Labute approximate surface area is 142 Å². The highest BCUT2D eigenvalue weighted by Crippen LogP contribution is 2.20. The molecule has 0 amide bonds. The summed E-state index contributed by atoms with van der Waals surface area (Å²) in [5, 5.41) is 11.5. The average molecular weight is 332 g/mol. The van der Waals surface area contributed by atoms with E-state index in [1.54, 1.807) is 10.9 Å². The molecule has 2 rings (SSSR count). The Balaban J connectivity index is 2.12. The van der Waals surface area contributed by atoms with Crippen molar-refractivity contribution in [3.63, 3.8) is 0 Å². The molecule has 1 heterocycles. The summed E-state index contributed by atoms with van der Waals surface area (Å²) in [6.07, 6.45) is 3.97. The van der Waals surface area contributed by atoms with Crippen LogP contribution in [0.15, 0.2) is 29.4 Å². The van der Waals surface area contributed by atoms with Crippen molar-refractivity contribution in [1.82, 2.24) is 14.9 Å². The molecule has 0 aliphatic carbocycles. The van der Waals surface area contributed by atoms with Crippen LogP contribution in [0.1, 0.15) is 51.9 Å². The monoisotopic (exact) mass is 332 g/mol. The predicted molar refractivity (Wildman–Crippen MR) is 95.9 cm³/mol. The number of nitrogens with one attached hydrogen (secondary N) is 1. The van der Waals surface area contributed by atoms with Gasteiger partial charge in [0.2, 0.25) is 4.77 Å². The molecule has 1 aromatic heterocycles. The van der Waals surface area contributed by atoms with Gasteiger partial charge in [0.1, 0.15) is 5.75 Å². The normalized spacial score (nSPS) is 12.0. The quantitative estimate of drug-likeness (QED) is 0.487. The Morgan fingerprint density at radius 1 is 1.30 bits per heavy atom. The smallest absolute Gasteiger partial charge is 0.216 e. The number of aromatic amines is 1. The number of aromatic nitrogens is 3. The lowest BCUT2D eigenvalue weighted by Gasteiger charge is -2.15. The minimum atomic E-state index is -0.137. The zero-order valence-electron chi connectivity index (χ0n) is 14.2. The molecular formula is C17H24N4OS. The van der Waals surface area contributed by atoms with Gasteiger partial charge in [0.05, 0.1) is 12.8 Å². The second kappa shape index (κ2) is 7.55. The standard InChI is InChI=1S/C17H24N4OS/c1-5-6-11-22-14-9-7-13(8-10-14)12-18-21-15(17(2,3)4)19-20-16(21)23/h7-10,12H,5-6,11H2,1-4H3,(H,20,23)/b18-12-. The van der Waals surface area contributed by atoms with Crippen LogP contribution in [-0.2, 0) is 5.41 Å². The maximum Gasteiger partial charge on any atom is 0.216 e. The number of H-pyrrole nitrogens is 1. The minimum absolute atomic E-state index is 0.137. The molecular weight excluding hydrogens is 308 g/mol. The van der Waals surface area contributed by atoms with Crippen molar-refractivity contribution in [1.29, 1.82) is 0 Å². The number of unbranched alkanes of at least 4 members (excludes halogenated alkanes) is 1. The molecule has 0 aliphatic heterocycles. The molecule has 0 bridgehead atoms. The molecule has 6 heteroatoms. The lowest BCUT2D eigenvalue weighted by atomic mass is 9.96. The second-order valence-electron chi connectivity index (χ2n) is 6.43. The molecule has 0 fully saturated rings. The first-order valence-electron chi connectivity index (χ1n) is 7.87. The Morgan fingerprint density at radius 3 is 2.61 bits per heavy atom. The summed E-state index contributed by atoms with van der Waals surface area (Å²) in [5.74, 6) is 1.68. The van der Waals surface area contributed by atoms with Crippen LogP contribution in [-0.4, -0.2) is 27.7 Å². The third kappa shape index (κ3) is 4.76. The maximum atomic E-state index is 5.65. The van der Waals surface area contributed by atoms with E-state index in [0.29, 0.717) is 4.77 Å². The van der Waals surface area contributed by atoms with E-state index in [-0.39, 0.29) is 5.41 Å². The second-order valence-corrected chi connectivity index (χ2v) is 6.82. The third-order valence-corrected chi connectivity index (χ3v) is 3.55. The topological polar surface area (TPSA) is 55.2 Å². The third-order valence-electron chi connectivity index (χ3n) is 3.29. The fourth-order valence-electron chi connectivity index (χ4n) is 1.99. The summed E-state index contributed by atoms with van der Waals surface area (Å²) in [7, 11) is 0. The summed E-state index contributed by atoms with van der Waals surface area (Å²) in [6.45, 7) is 9.13. The molecule has 0 atom stereocenters. The SMILES string of the molecule is CCCCOc1ccc(/C=N\n2c(C(C)(C)C)n[nH]c2=S)cc1. The van der Waals surface area contributed by atoms with Crippen LogP contribution in [0.5, 0.6) is 5.75 Å². The molecule has 23 heavy (non-hydrogen) atoms. The highest BCUT2D eigenvalue weighted by atomic mass is 32.1. The molecule has 0 saturated carbocycles. The first-order valence-corrected chi connectivity index (χ1v) is 8.27. The van der Waals surface area contributed by atoms with Crippen LogP contribution in [0.3, 0.4) is 0 Å². The maximum absolute atomic E-state index is 5.65. The molecule has 0 radical (unpaired) electrons. The fourth-order valence-corrected chi connectivity index (χ4v) is 2.17. The largest absolute Gasteiger partial charge is 0.494 e. The van der Waals surface area contributed by atoms with Crippen molar-refractivity contribution in [2.75, 3.05) is 6.61 Å².